The first-order valence-electron chi connectivity index (χ1n) is 11.0. The van der Waals surface area contributed by atoms with E-state index in [1.165, 1.54) is 16.3 Å². The molecular weight excluding hydrogens is 414 g/mol. The maximum Gasteiger partial charge on any atom is 0.204 e. The van der Waals surface area contributed by atoms with Crippen molar-refractivity contribution in [1.82, 2.24) is 10.3 Å². The van der Waals surface area contributed by atoms with E-state index in [9.17, 15) is 0 Å². The minimum Gasteiger partial charge on any atom is -0.493 e. The van der Waals surface area contributed by atoms with E-state index in [0.29, 0.717) is 23.8 Å². The van der Waals surface area contributed by atoms with Crippen LogP contribution in [-0.4, -0.2) is 40.4 Å². The van der Waals surface area contributed by atoms with Crippen LogP contribution in [0.15, 0.2) is 54.6 Å². The van der Waals surface area contributed by atoms with Crippen molar-refractivity contribution < 1.29 is 14.2 Å². The summed E-state index contributed by atoms with van der Waals surface area (Å²) in [5.41, 5.74) is 3.14. The quantitative estimate of drug-likeness (QED) is 0.396. The number of hydrogen-bond donors (Lipinski definition) is 1. The van der Waals surface area contributed by atoms with Crippen molar-refractivity contribution in [2.24, 2.45) is 0 Å². The SMILES string of the molecule is COc1cc2nc(N(C)C)c(CNC(C)c3cccc4ccccc34)cc2c(OC)c1OC. The molecule has 1 unspecified atom stereocenters. The molecule has 3 aromatic carbocycles. The van der Waals surface area contributed by atoms with Crippen molar-refractivity contribution in [2.75, 3.05) is 40.3 Å². The van der Waals surface area contributed by atoms with Crippen LogP contribution in [0.5, 0.6) is 17.2 Å². The summed E-state index contributed by atoms with van der Waals surface area (Å²) in [5, 5.41) is 7.09. The highest BCUT2D eigenvalue weighted by molar-refractivity contribution is 5.92. The van der Waals surface area contributed by atoms with E-state index in [1.54, 1.807) is 21.3 Å². The van der Waals surface area contributed by atoms with Crippen LogP contribution in [0.25, 0.3) is 21.7 Å². The van der Waals surface area contributed by atoms with Gasteiger partial charge in [-0.15, -0.1) is 0 Å². The van der Waals surface area contributed by atoms with Crippen molar-refractivity contribution in [3.63, 3.8) is 0 Å². The van der Waals surface area contributed by atoms with E-state index >= 15 is 0 Å². The van der Waals surface area contributed by atoms with Gasteiger partial charge in [-0.1, -0.05) is 42.5 Å². The fraction of sp³-hybridized carbons (Fsp3) is 0.296. The monoisotopic (exact) mass is 445 g/mol. The summed E-state index contributed by atoms with van der Waals surface area (Å²) in [7, 11) is 8.87. The van der Waals surface area contributed by atoms with Gasteiger partial charge in [0.1, 0.15) is 5.82 Å². The number of anilines is 1. The van der Waals surface area contributed by atoms with Crippen LogP contribution in [0.3, 0.4) is 0 Å². The lowest BCUT2D eigenvalue weighted by atomic mass is 9.99. The maximum absolute atomic E-state index is 5.71. The van der Waals surface area contributed by atoms with Crippen LogP contribution in [0.1, 0.15) is 24.1 Å². The first kappa shape index (κ1) is 22.7. The number of fused-ring (bicyclic) bond motifs is 2. The van der Waals surface area contributed by atoms with Gasteiger partial charge in [0.2, 0.25) is 5.75 Å². The molecule has 0 radical (unpaired) electrons. The summed E-state index contributed by atoms with van der Waals surface area (Å²) in [5.74, 6) is 2.67. The van der Waals surface area contributed by atoms with Crippen LogP contribution < -0.4 is 24.4 Å². The molecule has 0 bridgehead atoms. The number of methoxy groups -OCH3 is 3. The molecular formula is C27H31N3O3. The number of rotatable bonds is 8. The lowest BCUT2D eigenvalue weighted by Gasteiger charge is -2.22. The molecule has 0 aliphatic rings. The van der Waals surface area contributed by atoms with Gasteiger partial charge in [0.05, 0.1) is 26.8 Å². The molecule has 1 heterocycles. The van der Waals surface area contributed by atoms with Crippen LogP contribution in [0.2, 0.25) is 0 Å². The van der Waals surface area contributed by atoms with Crippen molar-refractivity contribution in [2.45, 2.75) is 19.5 Å². The third kappa shape index (κ3) is 4.26. The fourth-order valence-corrected chi connectivity index (χ4v) is 4.34. The Balaban J connectivity index is 1.74. The Labute approximate surface area is 195 Å². The Kier molecular flexibility index (Phi) is 6.56. The van der Waals surface area contributed by atoms with Crippen LogP contribution in [0, 0.1) is 0 Å². The normalized spacial score (nSPS) is 12.1. The second-order valence-corrected chi connectivity index (χ2v) is 8.25. The van der Waals surface area contributed by atoms with Crippen LogP contribution >= 0.6 is 0 Å². The predicted molar refractivity (Wildman–Crippen MR) is 135 cm³/mol. The van der Waals surface area contributed by atoms with Crippen LogP contribution in [0.4, 0.5) is 5.82 Å². The van der Waals surface area contributed by atoms with Gasteiger partial charge < -0.3 is 24.4 Å². The standard InChI is InChI=1S/C27H31N3O3/c1-17(20-13-9-11-18-10-7-8-12-21(18)20)28-16-19-14-22-23(29-27(19)30(2)3)15-24(31-4)26(33-6)25(22)32-5/h7-15,17,28H,16H2,1-6H3. The van der Waals surface area contributed by atoms with E-state index < -0.39 is 0 Å². The number of hydrogen-bond acceptors (Lipinski definition) is 6. The minimum absolute atomic E-state index is 0.161. The summed E-state index contributed by atoms with van der Waals surface area (Å²) in [6.07, 6.45) is 0. The zero-order valence-electron chi connectivity index (χ0n) is 20.1. The Morgan fingerprint density at radius 2 is 1.61 bits per heavy atom. The number of benzene rings is 3. The van der Waals surface area contributed by atoms with E-state index in [2.05, 4.69) is 60.8 Å². The first-order valence-corrected chi connectivity index (χ1v) is 11.0. The summed E-state index contributed by atoms with van der Waals surface area (Å²) >= 11 is 0. The number of nitrogens with one attached hydrogen (secondary N) is 1. The molecule has 0 aliphatic carbocycles. The second-order valence-electron chi connectivity index (χ2n) is 8.25. The van der Waals surface area contributed by atoms with Gasteiger partial charge in [0.25, 0.3) is 0 Å². The number of nitrogens with zero attached hydrogens (tertiary/aromatic N) is 2. The molecule has 6 heteroatoms. The van der Waals surface area contributed by atoms with E-state index in [1.807, 2.05) is 25.1 Å². The largest absolute Gasteiger partial charge is 0.493 e. The molecule has 0 aliphatic heterocycles. The van der Waals surface area contributed by atoms with Gasteiger partial charge in [-0.05, 0) is 29.3 Å². The molecule has 33 heavy (non-hydrogen) atoms. The lowest BCUT2D eigenvalue weighted by molar-refractivity contribution is 0.327. The molecule has 1 aromatic heterocycles. The number of pyridine rings is 1. The Morgan fingerprint density at radius 3 is 2.30 bits per heavy atom. The Bertz CT molecular complexity index is 1280. The summed E-state index contributed by atoms with van der Waals surface area (Å²) < 4.78 is 16.8. The van der Waals surface area contributed by atoms with E-state index in [-0.39, 0.29) is 6.04 Å². The van der Waals surface area contributed by atoms with Gasteiger partial charge >= 0.3 is 0 Å². The van der Waals surface area contributed by atoms with Crippen molar-refractivity contribution in [1.29, 1.82) is 0 Å². The van der Waals surface area contributed by atoms with Crippen molar-refractivity contribution in [3.8, 4) is 17.2 Å². The Hall–Kier alpha value is -3.51. The maximum atomic E-state index is 5.71. The topological polar surface area (TPSA) is 55.9 Å². The molecule has 6 nitrogen and oxygen atoms in total. The Morgan fingerprint density at radius 1 is 0.879 bits per heavy atom. The number of ether oxygens (including phenoxy) is 3. The predicted octanol–water partition coefficient (Wildman–Crippen LogP) is 5.33. The zero-order valence-corrected chi connectivity index (χ0v) is 20.1. The molecule has 0 spiro atoms. The summed E-state index contributed by atoms with van der Waals surface area (Å²) in [6, 6.07) is 19.1. The molecule has 4 rings (SSSR count). The van der Waals surface area contributed by atoms with Crippen molar-refractivity contribution in [3.05, 3.63) is 65.7 Å². The van der Waals surface area contributed by atoms with Gasteiger partial charge in [-0.3, -0.25) is 0 Å². The minimum atomic E-state index is 0.161. The van der Waals surface area contributed by atoms with Gasteiger partial charge in [-0.2, -0.15) is 0 Å². The highest BCUT2D eigenvalue weighted by Gasteiger charge is 2.20. The van der Waals surface area contributed by atoms with E-state index in [4.69, 9.17) is 19.2 Å². The fourth-order valence-electron chi connectivity index (χ4n) is 4.34. The molecule has 1 N–H and O–H groups in total. The van der Waals surface area contributed by atoms with E-state index in [0.717, 1.165) is 22.3 Å². The second kappa shape index (κ2) is 9.55. The first-order chi connectivity index (χ1) is 16.0. The molecule has 0 fully saturated rings. The van der Waals surface area contributed by atoms with Gasteiger partial charge in [0.15, 0.2) is 11.5 Å². The third-order valence-electron chi connectivity index (χ3n) is 5.99. The summed E-state index contributed by atoms with van der Waals surface area (Å²) in [4.78, 5) is 6.97. The molecule has 1 atom stereocenters. The average Bonchev–Trinajstić information content (AvgIpc) is 2.84. The number of aromatic nitrogens is 1. The smallest absolute Gasteiger partial charge is 0.204 e. The van der Waals surface area contributed by atoms with Gasteiger partial charge in [0, 0.05) is 43.7 Å². The highest BCUT2D eigenvalue weighted by Crippen LogP contribution is 2.44. The van der Waals surface area contributed by atoms with Crippen molar-refractivity contribution >= 4 is 27.5 Å². The molecule has 172 valence electrons. The molecule has 4 aromatic rings. The van der Waals surface area contributed by atoms with Crippen LogP contribution in [-0.2, 0) is 6.54 Å². The molecule has 0 amide bonds. The third-order valence-corrected chi connectivity index (χ3v) is 5.99. The van der Waals surface area contributed by atoms with Gasteiger partial charge in [-0.25, -0.2) is 4.98 Å². The molecule has 0 saturated carbocycles. The zero-order chi connectivity index (χ0) is 23.5. The molecule has 0 saturated heterocycles. The highest BCUT2D eigenvalue weighted by atomic mass is 16.5. The summed E-state index contributed by atoms with van der Waals surface area (Å²) in [6.45, 7) is 2.85. The lowest BCUT2D eigenvalue weighted by Crippen LogP contribution is -2.21. The average molecular weight is 446 g/mol.